The summed E-state index contributed by atoms with van der Waals surface area (Å²) in [5.41, 5.74) is 3.64. The van der Waals surface area contributed by atoms with Gasteiger partial charge in [-0.1, -0.05) is 85.8 Å². The Kier molecular flexibility index (Phi) is 6.14. The fourth-order valence-corrected chi connectivity index (χ4v) is 3.79. The number of nitrogens with one attached hydrogen (secondary N) is 1. The van der Waals surface area contributed by atoms with Crippen molar-refractivity contribution in [2.45, 2.75) is 19.2 Å². The van der Waals surface area contributed by atoms with E-state index in [1.807, 2.05) is 60.7 Å². The number of aliphatic hydroxyl groups excluding tert-OH is 1. The second kappa shape index (κ2) is 9.16. The molecule has 0 radical (unpaired) electrons. The molecule has 1 aliphatic rings. The normalized spacial score (nSPS) is 17.6. The number of hydrogen-bond donors (Lipinski definition) is 2. The highest BCUT2D eigenvalue weighted by atomic mass is 16.3. The van der Waals surface area contributed by atoms with Gasteiger partial charge in [-0.25, -0.2) is 4.99 Å². The molecule has 32 heavy (non-hydrogen) atoms. The zero-order valence-corrected chi connectivity index (χ0v) is 18.0. The van der Waals surface area contributed by atoms with Crippen LogP contribution >= 0.6 is 0 Å². The molecule has 0 saturated heterocycles. The van der Waals surface area contributed by atoms with Crippen molar-refractivity contribution in [2.24, 2.45) is 10.9 Å². The summed E-state index contributed by atoms with van der Waals surface area (Å²) in [4.78, 5) is 32.4. The third-order valence-electron chi connectivity index (χ3n) is 5.70. The van der Waals surface area contributed by atoms with Crippen molar-refractivity contribution >= 4 is 23.2 Å². The van der Waals surface area contributed by atoms with Crippen molar-refractivity contribution in [2.75, 3.05) is 11.9 Å². The van der Waals surface area contributed by atoms with E-state index in [1.165, 1.54) is 4.90 Å². The first kappa shape index (κ1) is 21.5. The number of nitrogens with zero attached hydrogens (tertiary/aromatic N) is 2. The van der Waals surface area contributed by atoms with Gasteiger partial charge in [-0.2, -0.15) is 0 Å². The Labute approximate surface area is 187 Å². The highest BCUT2D eigenvalue weighted by Crippen LogP contribution is 2.28. The van der Waals surface area contributed by atoms with E-state index in [-0.39, 0.29) is 5.91 Å². The van der Waals surface area contributed by atoms with Crippen molar-refractivity contribution < 1.29 is 14.7 Å². The SMILES string of the molecule is CC(C(=O)NC1N=C(c2ccccc2)c2ccccc2N(C)C1=O)[C@H](O)c1ccccc1. The zero-order chi connectivity index (χ0) is 22.7. The number of hydrogen-bond acceptors (Lipinski definition) is 4. The van der Waals surface area contributed by atoms with E-state index in [0.29, 0.717) is 17.0 Å². The molecule has 0 spiro atoms. The van der Waals surface area contributed by atoms with E-state index in [9.17, 15) is 14.7 Å². The molecule has 6 heteroatoms. The average molecular weight is 428 g/mol. The van der Waals surface area contributed by atoms with Gasteiger partial charge in [0, 0.05) is 18.2 Å². The van der Waals surface area contributed by atoms with Crippen LogP contribution in [0.15, 0.2) is 89.9 Å². The van der Waals surface area contributed by atoms with E-state index < -0.39 is 24.1 Å². The Morgan fingerprint density at radius 1 is 0.969 bits per heavy atom. The largest absolute Gasteiger partial charge is 0.388 e. The Hall–Kier alpha value is -3.77. The number of rotatable bonds is 5. The van der Waals surface area contributed by atoms with Crippen LogP contribution in [-0.2, 0) is 9.59 Å². The number of amides is 2. The minimum atomic E-state index is -1.11. The van der Waals surface area contributed by atoms with Crippen molar-refractivity contribution in [1.29, 1.82) is 0 Å². The van der Waals surface area contributed by atoms with Crippen LogP contribution in [-0.4, -0.2) is 35.8 Å². The number of aliphatic imine (C=N–C) groups is 1. The minimum Gasteiger partial charge on any atom is -0.388 e. The molecule has 2 amide bonds. The van der Waals surface area contributed by atoms with Crippen LogP contribution in [0.1, 0.15) is 29.7 Å². The van der Waals surface area contributed by atoms with Crippen molar-refractivity contribution in [3.8, 4) is 0 Å². The van der Waals surface area contributed by atoms with Gasteiger partial charge in [0.05, 0.1) is 23.4 Å². The predicted octanol–water partition coefficient (Wildman–Crippen LogP) is 3.31. The Morgan fingerprint density at radius 2 is 1.56 bits per heavy atom. The lowest BCUT2D eigenvalue weighted by molar-refractivity contribution is -0.132. The Bertz CT molecular complexity index is 1150. The van der Waals surface area contributed by atoms with Gasteiger partial charge in [0.25, 0.3) is 5.91 Å². The molecule has 0 aromatic heterocycles. The number of fused-ring (bicyclic) bond motifs is 1. The van der Waals surface area contributed by atoms with Crippen LogP contribution in [0.5, 0.6) is 0 Å². The first-order valence-corrected chi connectivity index (χ1v) is 10.5. The minimum absolute atomic E-state index is 0.349. The molecule has 1 heterocycles. The van der Waals surface area contributed by atoms with Crippen LogP contribution in [0.4, 0.5) is 5.69 Å². The monoisotopic (exact) mass is 427 g/mol. The molecule has 0 saturated carbocycles. The molecule has 1 aliphatic heterocycles. The first-order valence-electron chi connectivity index (χ1n) is 10.5. The van der Waals surface area contributed by atoms with Crippen molar-refractivity contribution in [3.05, 3.63) is 102 Å². The molecule has 3 atom stereocenters. The number of carbonyl (C=O) groups is 2. The summed E-state index contributed by atoms with van der Waals surface area (Å²) in [6, 6.07) is 26.1. The third kappa shape index (κ3) is 4.18. The van der Waals surface area contributed by atoms with Gasteiger partial charge in [-0.15, -0.1) is 0 Å². The number of carbonyl (C=O) groups excluding carboxylic acids is 2. The molecule has 4 rings (SSSR count). The second-order valence-electron chi connectivity index (χ2n) is 7.81. The van der Waals surface area contributed by atoms with Crippen molar-refractivity contribution in [1.82, 2.24) is 5.32 Å². The molecular formula is C26H25N3O3. The number of benzodiazepines with no additional fused rings is 1. The van der Waals surface area contributed by atoms with Gasteiger partial charge in [0.15, 0.2) is 0 Å². The molecular weight excluding hydrogens is 402 g/mol. The lowest BCUT2D eigenvalue weighted by Crippen LogP contribution is -2.48. The molecule has 2 N–H and O–H groups in total. The van der Waals surface area contributed by atoms with Gasteiger partial charge < -0.3 is 15.3 Å². The van der Waals surface area contributed by atoms with E-state index in [0.717, 1.165) is 11.1 Å². The molecule has 0 fully saturated rings. The summed E-state index contributed by atoms with van der Waals surface area (Å²) in [6.45, 7) is 1.63. The number of para-hydroxylation sites is 1. The van der Waals surface area contributed by atoms with Crippen LogP contribution in [0.2, 0.25) is 0 Å². The Balaban J connectivity index is 1.67. The van der Waals surface area contributed by atoms with E-state index in [4.69, 9.17) is 0 Å². The lowest BCUT2D eigenvalue weighted by Gasteiger charge is -2.23. The summed E-state index contributed by atoms with van der Waals surface area (Å²) >= 11 is 0. The molecule has 3 aromatic rings. The zero-order valence-electron chi connectivity index (χ0n) is 18.0. The van der Waals surface area contributed by atoms with Crippen LogP contribution in [0.25, 0.3) is 0 Å². The maximum atomic E-state index is 13.2. The van der Waals surface area contributed by atoms with Gasteiger partial charge >= 0.3 is 0 Å². The van der Waals surface area contributed by atoms with Crippen LogP contribution in [0.3, 0.4) is 0 Å². The van der Waals surface area contributed by atoms with Gasteiger partial charge in [-0.05, 0) is 11.6 Å². The smallest absolute Gasteiger partial charge is 0.272 e. The molecule has 0 aliphatic carbocycles. The summed E-state index contributed by atoms with van der Waals surface area (Å²) in [6.07, 6.45) is -2.11. The highest BCUT2D eigenvalue weighted by molar-refractivity contribution is 6.20. The van der Waals surface area contributed by atoms with Crippen LogP contribution < -0.4 is 10.2 Å². The van der Waals surface area contributed by atoms with E-state index >= 15 is 0 Å². The van der Waals surface area contributed by atoms with Crippen molar-refractivity contribution in [3.63, 3.8) is 0 Å². The Morgan fingerprint density at radius 3 is 2.25 bits per heavy atom. The van der Waals surface area contributed by atoms with Gasteiger partial charge in [0.2, 0.25) is 12.1 Å². The summed E-state index contributed by atoms with van der Waals surface area (Å²) in [5.74, 6) is -1.56. The topological polar surface area (TPSA) is 82.0 Å². The number of benzene rings is 3. The van der Waals surface area contributed by atoms with E-state index in [1.54, 1.807) is 38.2 Å². The quantitative estimate of drug-likeness (QED) is 0.655. The number of likely N-dealkylation sites (N-methyl/N-ethyl adjacent to an activating group) is 1. The van der Waals surface area contributed by atoms with Gasteiger partial charge in [0.1, 0.15) is 0 Å². The maximum Gasteiger partial charge on any atom is 0.272 e. The standard InChI is InChI=1S/C26H25N3O3/c1-17(23(30)19-13-7-4-8-14-19)25(31)28-24-26(32)29(2)21-16-10-9-15-20(21)22(27-24)18-11-5-3-6-12-18/h3-17,23-24,30H,1-2H3,(H,28,31)/t17?,23-,24?/m0/s1. The van der Waals surface area contributed by atoms with Gasteiger partial charge in [-0.3, -0.25) is 9.59 Å². The summed E-state index contributed by atoms with van der Waals surface area (Å²) < 4.78 is 0. The summed E-state index contributed by atoms with van der Waals surface area (Å²) in [7, 11) is 1.67. The molecule has 2 unspecified atom stereocenters. The predicted molar refractivity (Wildman–Crippen MR) is 124 cm³/mol. The highest BCUT2D eigenvalue weighted by Gasteiger charge is 2.33. The lowest BCUT2D eigenvalue weighted by atomic mass is 9.96. The van der Waals surface area contributed by atoms with E-state index in [2.05, 4.69) is 10.3 Å². The first-order chi connectivity index (χ1) is 15.5. The third-order valence-corrected chi connectivity index (χ3v) is 5.70. The molecule has 162 valence electrons. The fraction of sp³-hybridized carbons (Fsp3) is 0.192. The van der Waals surface area contributed by atoms with Crippen LogP contribution in [0, 0.1) is 5.92 Å². The number of aliphatic hydroxyl groups is 1. The maximum absolute atomic E-state index is 13.2. The average Bonchev–Trinajstić information content (AvgIpc) is 2.95. The summed E-state index contributed by atoms with van der Waals surface area (Å²) in [5, 5.41) is 13.4. The molecule has 0 bridgehead atoms. The molecule has 3 aromatic carbocycles. The second-order valence-corrected chi connectivity index (χ2v) is 7.81. The fourth-order valence-electron chi connectivity index (χ4n) is 3.79. The number of anilines is 1. The molecule has 6 nitrogen and oxygen atoms in total.